The van der Waals surface area contributed by atoms with E-state index in [4.69, 9.17) is 16.9 Å². The zero-order valence-electron chi connectivity index (χ0n) is 11.3. The highest BCUT2D eigenvalue weighted by Gasteiger charge is 2.05. The second-order valence-corrected chi connectivity index (χ2v) is 5.11. The van der Waals surface area contributed by atoms with E-state index in [2.05, 4.69) is 5.32 Å². The van der Waals surface area contributed by atoms with Gasteiger partial charge >= 0.3 is 0 Å². The number of hydrogen-bond donors (Lipinski definition) is 1. The van der Waals surface area contributed by atoms with Crippen molar-refractivity contribution in [1.82, 2.24) is 0 Å². The standard InChI is InChI=1S/C16H14ClFN2/c1-10-5-12(6-11(2)16(10)18)9-20-14-4-3-13(8-19)15(17)7-14/h3-7,20H,9H2,1-2H3. The van der Waals surface area contributed by atoms with Gasteiger partial charge in [-0.05, 0) is 48.7 Å². The maximum absolute atomic E-state index is 13.5. The zero-order valence-corrected chi connectivity index (χ0v) is 12.1. The molecule has 4 heteroatoms. The van der Waals surface area contributed by atoms with Gasteiger partial charge < -0.3 is 5.32 Å². The molecule has 0 aliphatic heterocycles. The summed E-state index contributed by atoms with van der Waals surface area (Å²) in [6.07, 6.45) is 0. The summed E-state index contributed by atoms with van der Waals surface area (Å²) >= 11 is 5.97. The maximum atomic E-state index is 13.5. The number of hydrogen-bond acceptors (Lipinski definition) is 2. The first-order valence-electron chi connectivity index (χ1n) is 6.20. The molecule has 2 rings (SSSR count). The minimum Gasteiger partial charge on any atom is -0.381 e. The molecule has 20 heavy (non-hydrogen) atoms. The molecular weight excluding hydrogens is 275 g/mol. The van der Waals surface area contributed by atoms with Crippen molar-refractivity contribution in [3.05, 3.63) is 63.4 Å². The molecule has 0 unspecified atom stereocenters. The van der Waals surface area contributed by atoms with Crippen molar-refractivity contribution in [2.24, 2.45) is 0 Å². The third kappa shape index (κ3) is 3.09. The Labute approximate surface area is 122 Å². The van der Waals surface area contributed by atoms with Gasteiger partial charge in [0.25, 0.3) is 0 Å². The summed E-state index contributed by atoms with van der Waals surface area (Å²) in [5, 5.41) is 12.4. The van der Waals surface area contributed by atoms with E-state index >= 15 is 0 Å². The Kier molecular flexibility index (Phi) is 4.26. The zero-order chi connectivity index (χ0) is 14.7. The summed E-state index contributed by atoms with van der Waals surface area (Å²) < 4.78 is 13.5. The van der Waals surface area contributed by atoms with Crippen molar-refractivity contribution in [3.63, 3.8) is 0 Å². The number of aryl methyl sites for hydroxylation is 2. The largest absolute Gasteiger partial charge is 0.381 e. The average molecular weight is 289 g/mol. The minimum atomic E-state index is -0.157. The van der Waals surface area contributed by atoms with Crippen molar-refractivity contribution in [2.45, 2.75) is 20.4 Å². The predicted molar refractivity (Wildman–Crippen MR) is 79.4 cm³/mol. The van der Waals surface area contributed by atoms with E-state index in [0.717, 1.165) is 11.3 Å². The smallest absolute Gasteiger partial charge is 0.129 e. The highest BCUT2D eigenvalue weighted by Crippen LogP contribution is 2.21. The monoisotopic (exact) mass is 288 g/mol. The number of nitriles is 1. The molecule has 0 aliphatic carbocycles. The Morgan fingerprint density at radius 2 is 1.85 bits per heavy atom. The Hall–Kier alpha value is -2.05. The molecule has 0 bridgehead atoms. The van der Waals surface area contributed by atoms with Crippen LogP contribution in [0.1, 0.15) is 22.3 Å². The topological polar surface area (TPSA) is 35.8 Å². The van der Waals surface area contributed by atoms with Crippen LogP contribution in [0.25, 0.3) is 0 Å². The first-order chi connectivity index (χ1) is 9.51. The lowest BCUT2D eigenvalue weighted by atomic mass is 10.1. The lowest BCUT2D eigenvalue weighted by molar-refractivity contribution is 0.608. The first-order valence-corrected chi connectivity index (χ1v) is 6.58. The Bertz CT molecular complexity index is 666. The molecule has 0 aliphatic rings. The van der Waals surface area contributed by atoms with Crippen molar-refractivity contribution in [3.8, 4) is 6.07 Å². The van der Waals surface area contributed by atoms with E-state index in [-0.39, 0.29) is 5.82 Å². The van der Waals surface area contributed by atoms with Crippen LogP contribution in [0.15, 0.2) is 30.3 Å². The Morgan fingerprint density at radius 3 is 2.40 bits per heavy atom. The minimum absolute atomic E-state index is 0.157. The van der Waals surface area contributed by atoms with Gasteiger partial charge in [0.15, 0.2) is 0 Å². The highest BCUT2D eigenvalue weighted by molar-refractivity contribution is 6.32. The molecule has 2 aromatic rings. The van der Waals surface area contributed by atoms with Crippen molar-refractivity contribution < 1.29 is 4.39 Å². The van der Waals surface area contributed by atoms with E-state index < -0.39 is 0 Å². The second-order valence-electron chi connectivity index (χ2n) is 4.70. The SMILES string of the molecule is Cc1cc(CNc2ccc(C#N)c(Cl)c2)cc(C)c1F. The molecule has 102 valence electrons. The maximum Gasteiger partial charge on any atom is 0.129 e. The predicted octanol–water partition coefficient (Wildman–Crippen LogP) is 4.58. The fourth-order valence-electron chi connectivity index (χ4n) is 2.06. The summed E-state index contributed by atoms with van der Waals surface area (Å²) in [5.74, 6) is -0.157. The van der Waals surface area contributed by atoms with E-state index in [1.807, 2.05) is 18.2 Å². The Morgan fingerprint density at radius 1 is 1.20 bits per heavy atom. The first kappa shape index (κ1) is 14.4. The molecule has 0 fully saturated rings. The van der Waals surface area contributed by atoms with Crippen LogP contribution in [0, 0.1) is 31.0 Å². The van der Waals surface area contributed by atoms with Crippen LogP contribution in [0.3, 0.4) is 0 Å². The third-order valence-corrected chi connectivity index (χ3v) is 3.40. The van der Waals surface area contributed by atoms with Gasteiger partial charge in [-0.3, -0.25) is 0 Å². The fraction of sp³-hybridized carbons (Fsp3) is 0.188. The molecule has 0 heterocycles. The number of nitrogens with one attached hydrogen (secondary N) is 1. The van der Waals surface area contributed by atoms with E-state index in [1.165, 1.54) is 0 Å². The van der Waals surface area contributed by atoms with Crippen LogP contribution in [0.2, 0.25) is 5.02 Å². The molecule has 0 amide bonds. The molecular formula is C16H14ClFN2. The van der Waals surface area contributed by atoms with Gasteiger partial charge in [-0.25, -0.2) is 4.39 Å². The van der Waals surface area contributed by atoms with E-state index in [9.17, 15) is 4.39 Å². The van der Waals surface area contributed by atoms with Gasteiger partial charge in [0.1, 0.15) is 11.9 Å². The summed E-state index contributed by atoms with van der Waals surface area (Å²) in [5.41, 5.74) is 3.56. The molecule has 2 nitrogen and oxygen atoms in total. The summed E-state index contributed by atoms with van der Waals surface area (Å²) in [6, 6.07) is 10.8. The average Bonchev–Trinajstić information content (AvgIpc) is 2.42. The second kappa shape index (κ2) is 5.94. The normalized spacial score (nSPS) is 10.2. The van der Waals surface area contributed by atoms with Crippen molar-refractivity contribution >= 4 is 17.3 Å². The number of anilines is 1. The molecule has 2 aromatic carbocycles. The van der Waals surface area contributed by atoms with Gasteiger partial charge in [-0.1, -0.05) is 23.7 Å². The molecule has 1 N–H and O–H groups in total. The van der Waals surface area contributed by atoms with Crippen molar-refractivity contribution in [1.29, 1.82) is 5.26 Å². The van der Waals surface area contributed by atoms with Crippen LogP contribution in [-0.2, 0) is 6.54 Å². The lowest BCUT2D eigenvalue weighted by Crippen LogP contribution is -2.01. The number of rotatable bonds is 3. The van der Waals surface area contributed by atoms with E-state index in [0.29, 0.717) is 28.3 Å². The molecule has 0 spiro atoms. The molecule has 0 atom stereocenters. The van der Waals surface area contributed by atoms with Crippen molar-refractivity contribution in [2.75, 3.05) is 5.32 Å². The highest BCUT2D eigenvalue weighted by atomic mass is 35.5. The van der Waals surface area contributed by atoms with Gasteiger partial charge in [-0.2, -0.15) is 5.26 Å². The molecule has 0 radical (unpaired) electrons. The summed E-state index contributed by atoms with van der Waals surface area (Å²) in [4.78, 5) is 0. The number of nitrogens with zero attached hydrogens (tertiary/aromatic N) is 1. The van der Waals surface area contributed by atoms with Crippen LogP contribution < -0.4 is 5.32 Å². The number of benzene rings is 2. The van der Waals surface area contributed by atoms with Crippen LogP contribution in [0.4, 0.5) is 10.1 Å². The van der Waals surface area contributed by atoms with Gasteiger partial charge in [0.2, 0.25) is 0 Å². The van der Waals surface area contributed by atoms with Gasteiger partial charge in [0.05, 0.1) is 10.6 Å². The number of halogens is 2. The van der Waals surface area contributed by atoms with Crippen LogP contribution in [-0.4, -0.2) is 0 Å². The molecule has 0 saturated carbocycles. The van der Waals surface area contributed by atoms with Crippen LogP contribution >= 0.6 is 11.6 Å². The third-order valence-electron chi connectivity index (χ3n) is 3.08. The Balaban J connectivity index is 2.13. The lowest BCUT2D eigenvalue weighted by Gasteiger charge is -2.10. The summed E-state index contributed by atoms with van der Waals surface area (Å²) in [6.45, 7) is 4.08. The molecule has 0 saturated heterocycles. The van der Waals surface area contributed by atoms with Gasteiger partial charge in [0, 0.05) is 12.2 Å². The van der Waals surface area contributed by atoms with E-state index in [1.54, 1.807) is 32.0 Å². The quantitative estimate of drug-likeness (QED) is 0.897. The van der Waals surface area contributed by atoms with Crippen LogP contribution in [0.5, 0.6) is 0 Å². The van der Waals surface area contributed by atoms with Gasteiger partial charge in [-0.15, -0.1) is 0 Å². The molecule has 0 aromatic heterocycles. The fourth-order valence-corrected chi connectivity index (χ4v) is 2.28. The summed E-state index contributed by atoms with van der Waals surface area (Å²) in [7, 11) is 0.